The topological polar surface area (TPSA) is 73.2 Å². The number of nitrogens with zero attached hydrogens (tertiary/aromatic N) is 2. The first-order chi connectivity index (χ1) is 10.1. The number of anilines is 1. The van der Waals surface area contributed by atoms with Gasteiger partial charge in [-0.1, -0.05) is 12.1 Å². The Hall–Kier alpha value is -2.15. The van der Waals surface area contributed by atoms with Gasteiger partial charge in [-0.3, -0.25) is 9.48 Å². The molecular formula is C14H14BrN3O3. The van der Waals surface area contributed by atoms with Crippen molar-refractivity contribution in [2.24, 2.45) is 0 Å². The number of aromatic nitrogens is 2. The van der Waals surface area contributed by atoms with Crippen molar-refractivity contribution in [3.8, 4) is 0 Å². The quantitative estimate of drug-likeness (QED) is 0.839. The molecule has 0 aliphatic carbocycles. The Morgan fingerprint density at radius 3 is 2.86 bits per heavy atom. The monoisotopic (exact) mass is 351 g/mol. The van der Waals surface area contributed by atoms with Crippen LogP contribution in [0.1, 0.15) is 17.3 Å². The van der Waals surface area contributed by atoms with Crippen molar-refractivity contribution in [1.29, 1.82) is 0 Å². The van der Waals surface area contributed by atoms with Crippen LogP contribution in [0.2, 0.25) is 0 Å². The standard InChI is InChI=1S/C14H14BrN3O3/c1-2-21-14(20)10-7-16-18(8-10)9-13(19)17-12-6-4-3-5-11(12)15/h3-8H,2,9H2,1H3,(H,17,19). The fourth-order valence-electron chi connectivity index (χ4n) is 1.67. The van der Waals surface area contributed by atoms with E-state index in [1.165, 1.54) is 17.1 Å². The van der Waals surface area contributed by atoms with Gasteiger partial charge in [0.05, 0.1) is 24.1 Å². The van der Waals surface area contributed by atoms with Crippen LogP contribution < -0.4 is 5.32 Å². The molecule has 21 heavy (non-hydrogen) atoms. The molecule has 1 heterocycles. The Bertz CT molecular complexity index is 654. The van der Waals surface area contributed by atoms with E-state index in [1.54, 1.807) is 13.0 Å². The number of esters is 1. The molecule has 0 radical (unpaired) electrons. The molecule has 2 rings (SSSR count). The Kier molecular flexibility index (Phi) is 5.10. The molecule has 0 unspecified atom stereocenters. The summed E-state index contributed by atoms with van der Waals surface area (Å²) < 4.78 is 7.04. The molecule has 1 N–H and O–H groups in total. The number of amides is 1. The third kappa shape index (κ3) is 4.16. The fourth-order valence-corrected chi connectivity index (χ4v) is 2.05. The molecule has 1 amide bonds. The lowest BCUT2D eigenvalue weighted by Gasteiger charge is -2.07. The SMILES string of the molecule is CCOC(=O)c1cnn(CC(=O)Nc2ccccc2Br)c1. The first-order valence-electron chi connectivity index (χ1n) is 6.34. The average molecular weight is 352 g/mol. The smallest absolute Gasteiger partial charge is 0.341 e. The van der Waals surface area contributed by atoms with Crippen molar-refractivity contribution in [2.75, 3.05) is 11.9 Å². The van der Waals surface area contributed by atoms with Crippen molar-refractivity contribution in [2.45, 2.75) is 13.5 Å². The second-order valence-electron chi connectivity index (χ2n) is 4.18. The number of hydrogen-bond acceptors (Lipinski definition) is 4. The highest BCUT2D eigenvalue weighted by molar-refractivity contribution is 9.10. The van der Waals surface area contributed by atoms with Crippen molar-refractivity contribution >= 4 is 33.5 Å². The van der Waals surface area contributed by atoms with Gasteiger partial charge in [0.2, 0.25) is 5.91 Å². The van der Waals surface area contributed by atoms with Crippen molar-refractivity contribution in [3.05, 3.63) is 46.7 Å². The maximum absolute atomic E-state index is 11.9. The van der Waals surface area contributed by atoms with Gasteiger partial charge in [0, 0.05) is 10.7 Å². The summed E-state index contributed by atoms with van der Waals surface area (Å²) in [7, 11) is 0. The minimum atomic E-state index is -0.449. The van der Waals surface area contributed by atoms with Gasteiger partial charge in [-0.05, 0) is 35.0 Å². The zero-order valence-corrected chi connectivity index (χ0v) is 13.0. The molecule has 0 fully saturated rings. The number of para-hydroxylation sites is 1. The van der Waals surface area contributed by atoms with Crippen molar-refractivity contribution < 1.29 is 14.3 Å². The maximum atomic E-state index is 11.9. The maximum Gasteiger partial charge on any atom is 0.341 e. The van der Waals surface area contributed by atoms with Crippen LogP contribution in [0.4, 0.5) is 5.69 Å². The molecule has 0 spiro atoms. The van der Waals surface area contributed by atoms with Gasteiger partial charge in [-0.2, -0.15) is 5.10 Å². The predicted octanol–water partition coefficient (Wildman–Crippen LogP) is 2.46. The normalized spacial score (nSPS) is 10.2. The second-order valence-corrected chi connectivity index (χ2v) is 5.03. The summed E-state index contributed by atoms with van der Waals surface area (Å²) in [5.41, 5.74) is 1.01. The summed E-state index contributed by atoms with van der Waals surface area (Å²) in [6, 6.07) is 7.31. The molecule has 2 aromatic rings. The highest BCUT2D eigenvalue weighted by Crippen LogP contribution is 2.21. The van der Waals surface area contributed by atoms with Gasteiger partial charge in [0.25, 0.3) is 0 Å². The van der Waals surface area contributed by atoms with E-state index < -0.39 is 5.97 Å². The minimum Gasteiger partial charge on any atom is -0.462 e. The Morgan fingerprint density at radius 1 is 1.38 bits per heavy atom. The van der Waals surface area contributed by atoms with E-state index in [0.29, 0.717) is 17.9 Å². The van der Waals surface area contributed by atoms with Gasteiger partial charge in [0.1, 0.15) is 6.54 Å². The second kappa shape index (κ2) is 7.03. The number of halogens is 1. The fraction of sp³-hybridized carbons (Fsp3) is 0.214. The van der Waals surface area contributed by atoms with Crippen LogP contribution >= 0.6 is 15.9 Å². The number of rotatable bonds is 5. The summed E-state index contributed by atoms with van der Waals surface area (Å²) in [5.74, 6) is -0.685. The van der Waals surface area contributed by atoms with Gasteiger partial charge < -0.3 is 10.1 Å². The molecule has 0 aliphatic heterocycles. The van der Waals surface area contributed by atoms with Crippen LogP contribution in [0.5, 0.6) is 0 Å². The summed E-state index contributed by atoms with van der Waals surface area (Å²) in [6.07, 6.45) is 2.86. The Balaban J connectivity index is 1.97. The average Bonchev–Trinajstić information content (AvgIpc) is 2.90. The number of carbonyl (C=O) groups excluding carboxylic acids is 2. The third-order valence-electron chi connectivity index (χ3n) is 2.60. The van der Waals surface area contributed by atoms with Crippen LogP contribution in [-0.2, 0) is 16.1 Å². The zero-order chi connectivity index (χ0) is 15.2. The van der Waals surface area contributed by atoms with Crippen LogP contribution in [0.25, 0.3) is 0 Å². The van der Waals surface area contributed by atoms with E-state index >= 15 is 0 Å². The van der Waals surface area contributed by atoms with E-state index in [-0.39, 0.29) is 12.5 Å². The number of ether oxygens (including phenoxy) is 1. The molecule has 0 aliphatic rings. The summed E-state index contributed by atoms with van der Waals surface area (Å²) in [6.45, 7) is 2.04. The zero-order valence-electron chi connectivity index (χ0n) is 11.4. The van der Waals surface area contributed by atoms with E-state index in [4.69, 9.17) is 4.74 Å². The predicted molar refractivity (Wildman–Crippen MR) is 81.0 cm³/mol. The lowest BCUT2D eigenvalue weighted by Crippen LogP contribution is -2.19. The lowest BCUT2D eigenvalue weighted by molar-refractivity contribution is -0.116. The van der Waals surface area contributed by atoms with Gasteiger partial charge >= 0.3 is 5.97 Å². The highest BCUT2D eigenvalue weighted by Gasteiger charge is 2.11. The third-order valence-corrected chi connectivity index (χ3v) is 3.29. The highest BCUT2D eigenvalue weighted by atomic mass is 79.9. The van der Waals surface area contributed by atoms with E-state index in [0.717, 1.165) is 4.47 Å². The first-order valence-corrected chi connectivity index (χ1v) is 7.13. The molecule has 0 bridgehead atoms. The largest absolute Gasteiger partial charge is 0.462 e. The van der Waals surface area contributed by atoms with Gasteiger partial charge in [-0.15, -0.1) is 0 Å². The molecule has 6 nitrogen and oxygen atoms in total. The Labute approximate surface area is 130 Å². The number of hydrogen-bond donors (Lipinski definition) is 1. The van der Waals surface area contributed by atoms with Crippen molar-refractivity contribution in [3.63, 3.8) is 0 Å². The van der Waals surface area contributed by atoms with E-state index in [1.807, 2.05) is 18.2 Å². The number of nitrogens with one attached hydrogen (secondary N) is 1. The van der Waals surface area contributed by atoms with Gasteiger partial charge in [0.15, 0.2) is 0 Å². The Morgan fingerprint density at radius 2 is 2.14 bits per heavy atom. The van der Waals surface area contributed by atoms with Crippen molar-refractivity contribution in [1.82, 2.24) is 9.78 Å². The summed E-state index contributed by atoms with van der Waals surface area (Å²) in [4.78, 5) is 23.4. The molecular weight excluding hydrogens is 338 g/mol. The molecule has 1 aromatic heterocycles. The molecule has 7 heteroatoms. The molecule has 0 saturated carbocycles. The van der Waals surface area contributed by atoms with Crippen LogP contribution in [0.15, 0.2) is 41.1 Å². The molecule has 110 valence electrons. The van der Waals surface area contributed by atoms with E-state index in [9.17, 15) is 9.59 Å². The molecule has 0 saturated heterocycles. The first kappa shape index (κ1) is 15.2. The van der Waals surface area contributed by atoms with Crippen LogP contribution in [0, 0.1) is 0 Å². The lowest BCUT2D eigenvalue weighted by atomic mass is 10.3. The number of carbonyl (C=O) groups is 2. The molecule has 0 atom stereocenters. The van der Waals surface area contributed by atoms with Crippen LogP contribution in [-0.4, -0.2) is 28.3 Å². The van der Waals surface area contributed by atoms with Gasteiger partial charge in [-0.25, -0.2) is 4.79 Å². The molecule has 1 aromatic carbocycles. The van der Waals surface area contributed by atoms with Crippen LogP contribution in [0.3, 0.4) is 0 Å². The minimum absolute atomic E-state index is 0.0146. The van der Waals surface area contributed by atoms with E-state index in [2.05, 4.69) is 26.3 Å². The summed E-state index contributed by atoms with van der Waals surface area (Å²) in [5, 5.41) is 6.73. The summed E-state index contributed by atoms with van der Waals surface area (Å²) >= 11 is 3.35. The number of benzene rings is 1.